The summed E-state index contributed by atoms with van der Waals surface area (Å²) in [7, 11) is -8.76. The molecule has 0 bridgehead atoms. The van der Waals surface area contributed by atoms with E-state index < -0.39 is 25.5 Å². The van der Waals surface area contributed by atoms with Gasteiger partial charge in [-0.1, -0.05) is 35.4 Å². The number of hydrogen-bond donors (Lipinski definition) is 2. The lowest BCUT2D eigenvalue weighted by Gasteiger charge is -2.15. The number of benzene rings is 1. The fourth-order valence-corrected chi connectivity index (χ4v) is 4.75. The maximum absolute atomic E-state index is 13.0. The van der Waals surface area contributed by atoms with Gasteiger partial charge < -0.3 is 4.98 Å². The molecule has 0 radical (unpaired) electrons. The van der Waals surface area contributed by atoms with Gasteiger partial charge in [-0.05, 0) is 24.6 Å². The highest BCUT2D eigenvalue weighted by molar-refractivity contribution is 7.96. The number of aromatic amines is 1. The van der Waals surface area contributed by atoms with Crippen LogP contribution in [0, 0.1) is 0 Å². The molecule has 3 rings (SSSR count). The summed E-state index contributed by atoms with van der Waals surface area (Å²) in [5.74, 6) is 0. The minimum atomic E-state index is -4.77. The fraction of sp³-hybridized carbons (Fsp3) is 0.143. The molecule has 2 N–H and O–H groups in total. The van der Waals surface area contributed by atoms with E-state index in [2.05, 4.69) is 9.71 Å². The first kappa shape index (κ1) is 18.2. The van der Waals surface area contributed by atoms with Crippen molar-refractivity contribution in [2.24, 2.45) is 0 Å². The molecule has 134 valence electrons. The topological polar surface area (TPSA) is 96.1 Å². The molecule has 0 aliphatic heterocycles. The van der Waals surface area contributed by atoms with E-state index in [1.807, 2.05) is 0 Å². The average Bonchev–Trinajstić information content (AvgIpc) is 2.92. The van der Waals surface area contributed by atoms with Gasteiger partial charge in [0.2, 0.25) is 0 Å². The van der Waals surface area contributed by atoms with Crippen LogP contribution in [0.5, 0.6) is 0 Å². The second kappa shape index (κ2) is 6.31. The maximum atomic E-state index is 13.0. The van der Waals surface area contributed by atoms with Crippen LogP contribution in [0.3, 0.4) is 0 Å². The van der Waals surface area contributed by atoms with E-state index in [-0.39, 0.29) is 17.0 Å². The standard InChI is InChI=1S/C14H11Cl2FN2O4S2/c15-10-5-6-12(14-13(10)11(16)7-18-14)19-25(22,23)9-3-1-8(2-4-9)24(17,20)21/h1,3-8,18-19H,2H2. The summed E-state index contributed by atoms with van der Waals surface area (Å²) < 4.78 is 62.1. The third-order valence-corrected chi connectivity index (χ3v) is 6.78. The number of rotatable bonds is 4. The molecule has 11 heteroatoms. The minimum Gasteiger partial charge on any atom is -0.358 e. The number of H-pyrrole nitrogens is 1. The Labute approximate surface area is 153 Å². The third-order valence-electron chi connectivity index (χ3n) is 3.68. The Balaban J connectivity index is 1.93. The summed E-state index contributed by atoms with van der Waals surface area (Å²) in [6.07, 6.45) is 4.43. The highest BCUT2D eigenvalue weighted by Gasteiger charge is 2.27. The van der Waals surface area contributed by atoms with E-state index >= 15 is 0 Å². The van der Waals surface area contributed by atoms with Gasteiger partial charge >= 0.3 is 10.2 Å². The normalized spacial score (nSPS) is 18.4. The second-order valence-corrected chi connectivity index (χ2v) is 9.36. The molecule has 0 saturated heterocycles. The number of anilines is 1. The Morgan fingerprint density at radius 2 is 1.88 bits per heavy atom. The van der Waals surface area contributed by atoms with Crippen molar-refractivity contribution in [3.8, 4) is 0 Å². The molecule has 1 unspecified atom stereocenters. The van der Waals surface area contributed by atoms with Crippen molar-refractivity contribution in [2.45, 2.75) is 11.7 Å². The van der Waals surface area contributed by atoms with Crippen molar-refractivity contribution in [2.75, 3.05) is 4.72 Å². The first-order valence-corrected chi connectivity index (χ1v) is 10.6. The zero-order chi connectivity index (χ0) is 18.4. The van der Waals surface area contributed by atoms with Crippen molar-refractivity contribution in [3.05, 3.63) is 51.5 Å². The third kappa shape index (κ3) is 3.55. The molecule has 0 spiro atoms. The average molecular weight is 425 g/mol. The summed E-state index contributed by atoms with van der Waals surface area (Å²) in [4.78, 5) is 2.68. The molecule has 1 aliphatic carbocycles. The Bertz CT molecular complexity index is 1120. The van der Waals surface area contributed by atoms with Crippen LogP contribution < -0.4 is 4.72 Å². The minimum absolute atomic E-state index is 0.159. The van der Waals surface area contributed by atoms with Gasteiger partial charge in [-0.2, -0.15) is 8.42 Å². The number of nitrogens with one attached hydrogen (secondary N) is 2. The van der Waals surface area contributed by atoms with Crippen LogP contribution in [0.25, 0.3) is 10.9 Å². The quantitative estimate of drug-likeness (QED) is 0.730. The molecule has 0 saturated carbocycles. The van der Waals surface area contributed by atoms with Crippen LogP contribution in [0.2, 0.25) is 10.0 Å². The van der Waals surface area contributed by atoms with Crippen LogP contribution in [-0.2, 0) is 20.2 Å². The highest BCUT2D eigenvalue weighted by atomic mass is 35.5. The molecule has 2 aromatic rings. The van der Waals surface area contributed by atoms with E-state index in [4.69, 9.17) is 23.2 Å². The Morgan fingerprint density at radius 3 is 2.48 bits per heavy atom. The van der Waals surface area contributed by atoms with Crippen LogP contribution in [0.4, 0.5) is 9.57 Å². The summed E-state index contributed by atoms with van der Waals surface area (Å²) in [5.41, 5.74) is 0.631. The zero-order valence-electron chi connectivity index (χ0n) is 12.3. The van der Waals surface area contributed by atoms with E-state index in [0.717, 1.165) is 18.2 Å². The highest BCUT2D eigenvalue weighted by Crippen LogP contribution is 2.35. The lowest BCUT2D eigenvalue weighted by Crippen LogP contribution is -2.20. The number of aromatic nitrogens is 1. The van der Waals surface area contributed by atoms with E-state index in [9.17, 15) is 20.7 Å². The predicted octanol–water partition coefficient (Wildman–Crippen LogP) is 3.73. The predicted molar refractivity (Wildman–Crippen MR) is 96.5 cm³/mol. The van der Waals surface area contributed by atoms with Crippen molar-refractivity contribution in [1.29, 1.82) is 0 Å². The van der Waals surface area contributed by atoms with E-state index in [1.54, 1.807) is 0 Å². The van der Waals surface area contributed by atoms with Crippen LogP contribution >= 0.6 is 23.2 Å². The van der Waals surface area contributed by atoms with Crippen LogP contribution in [0.15, 0.2) is 41.5 Å². The molecular formula is C14H11Cl2FN2O4S2. The van der Waals surface area contributed by atoms with Gasteiger partial charge in [0, 0.05) is 11.6 Å². The molecule has 25 heavy (non-hydrogen) atoms. The summed E-state index contributed by atoms with van der Waals surface area (Å²) in [5, 5.41) is -0.207. The Kier molecular flexibility index (Phi) is 4.61. The molecule has 0 amide bonds. The van der Waals surface area contributed by atoms with Crippen molar-refractivity contribution < 1.29 is 20.7 Å². The Hall–Kier alpha value is -1.55. The summed E-state index contributed by atoms with van der Waals surface area (Å²) in [6.45, 7) is 0. The first-order valence-electron chi connectivity index (χ1n) is 6.89. The second-order valence-electron chi connectivity index (χ2n) is 5.30. The molecule has 6 nitrogen and oxygen atoms in total. The largest absolute Gasteiger partial charge is 0.358 e. The van der Waals surface area contributed by atoms with Crippen molar-refractivity contribution in [3.63, 3.8) is 0 Å². The molecule has 1 aromatic heterocycles. The SMILES string of the molecule is O=S(=O)(Nc1ccc(Cl)c2c(Cl)c[nH]c12)C1=CCC(S(=O)(=O)F)C=C1. The number of sulfonamides is 1. The number of fused-ring (bicyclic) bond motifs is 1. The lowest BCUT2D eigenvalue weighted by molar-refractivity contribution is 0.542. The molecular weight excluding hydrogens is 414 g/mol. The number of halogens is 3. The lowest BCUT2D eigenvalue weighted by atomic mass is 10.2. The monoisotopic (exact) mass is 424 g/mol. The summed E-state index contributed by atoms with van der Waals surface area (Å²) in [6, 6.07) is 2.97. The van der Waals surface area contributed by atoms with Gasteiger partial charge in [-0.25, -0.2) is 8.42 Å². The molecule has 0 fully saturated rings. The van der Waals surface area contributed by atoms with E-state index in [0.29, 0.717) is 20.9 Å². The Morgan fingerprint density at radius 1 is 1.16 bits per heavy atom. The van der Waals surface area contributed by atoms with Crippen molar-refractivity contribution >= 4 is 60.0 Å². The summed E-state index contributed by atoms with van der Waals surface area (Å²) >= 11 is 12.1. The smallest absolute Gasteiger partial charge is 0.309 e. The fourth-order valence-electron chi connectivity index (χ4n) is 2.45. The van der Waals surface area contributed by atoms with E-state index in [1.165, 1.54) is 18.3 Å². The van der Waals surface area contributed by atoms with Gasteiger partial charge in [0.1, 0.15) is 5.25 Å². The van der Waals surface area contributed by atoms with Gasteiger partial charge in [0.25, 0.3) is 10.0 Å². The first-order chi connectivity index (χ1) is 11.6. The molecule has 1 heterocycles. The van der Waals surface area contributed by atoms with Gasteiger partial charge in [-0.15, -0.1) is 3.89 Å². The van der Waals surface area contributed by atoms with Crippen molar-refractivity contribution in [1.82, 2.24) is 4.98 Å². The van der Waals surface area contributed by atoms with Gasteiger partial charge in [0.15, 0.2) is 0 Å². The molecule has 1 aliphatic rings. The van der Waals surface area contributed by atoms with Crippen LogP contribution in [0.1, 0.15) is 6.42 Å². The zero-order valence-corrected chi connectivity index (χ0v) is 15.5. The number of allylic oxidation sites excluding steroid dienone is 2. The van der Waals surface area contributed by atoms with Gasteiger partial charge in [0.05, 0.1) is 26.2 Å². The van der Waals surface area contributed by atoms with Crippen LogP contribution in [-0.4, -0.2) is 27.1 Å². The maximum Gasteiger partial charge on any atom is 0.309 e. The van der Waals surface area contributed by atoms with Gasteiger partial charge in [-0.3, -0.25) is 4.72 Å². The molecule has 1 aromatic carbocycles. The molecule has 1 atom stereocenters. The number of hydrogen-bond acceptors (Lipinski definition) is 4.